The molecule has 10 saturated heterocycles. The van der Waals surface area contributed by atoms with Crippen molar-refractivity contribution in [1.29, 1.82) is 0 Å². The fourth-order valence-electron chi connectivity index (χ4n) is 11.3. The standard InChI is InChI=1S/C40H59NO10/c1-20-14-24-7-9-28-21(2)15-26(44-28)11-12-40-19-33-36(50-40)37-38(49-33)39(51-40)35-30(48-37)10-8-25(46-35)16-23(42)17-27-32(18-31(45-24)22(20)3)47-29(6-5-13-41)34(27)43-4/h20,24-39H,2-3,5-19,41H2,1,4H3/t20?,24-,25?,26?,27?,28?,29+,30?,31+,32-,33?,34+,35-,36-,37-,38+,39-,40-/m0/s1. The van der Waals surface area contributed by atoms with Crippen molar-refractivity contribution in [3.8, 4) is 0 Å². The molecule has 0 amide bonds. The number of fused-ring (bicyclic) bond motifs is 6. The van der Waals surface area contributed by atoms with Gasteiger partial charge in [0.15, 0.2) is 5.79 Å². The molecule has 0 aromatic heterocycles. The highest BCUT2D eigenvalue weighted by atomic mass is 16.8. The molecule has 11 heteroatoms. The van der Waals surface area contributed by atoms with Gasteiger partial charge >= 0.3 is 0 Å². The molecule has 51 heavy (non-hydrogen) atoms. The maximum Gasteiger partial charge on any atom is 0.172 e. The van der Waals surface area contributed by atoms with Crippen molar-refractivity contribution in [3.05, 3.63) is 24.3 Å². The molecule has 0 aromatic carbocycles. The van der Waals surface area contributed by atoms with Gasteiger partial charge in [0.2, 0.25) is 0 Å². The van der Waals surface area contributed by atoms with Crippen LogP contribution in [0.25, 0.3) is 0 Å². The van der Waals surface area contributed by atoms with Crippen LogP contribution in [0, 0.1) is 11.8 Å². The van der Waals surface area contributed by atoms with E-state index in [0.29, 0.717) is 44.6 Å². The third-order valence-corrected chi connectivity index (χ3v) is 13.9. The van der Waals surface area contributed by atoms with Crippen molar-refractivity contribution in [1.82, 2.24) is 0 Å². The number of nitrogens with two attached hydrogens (primary N) is 1. The molecule has 10 fully saturated rings. The van der Waals surface area contributed by atoms with Crippen LogP contribution in [0.1, 0.15) is 96.8 Å². The van der Waals surface area contributed by atoms with Gasteiger partial charge in [0.05, 0.1) is 61.0 Å². The zero-order valence-electron chi connectivity index (χ0n) is 30.5. The lowest BCUT2D eigenvalue weighted by Crippen LogP contribution is -2.61. The van der Waals surface area contributed by atoms with Crippen molar-refractivity contribution < 1.29 is 47.4 Å². The Hall–Kier alpha value is -1.25. The molecule has 0 radical (unpaired) electrons. The van der Waals surface area contributed by atoms with Gasteiger partial charge in [0.25, 0.3) is 0 Å². The fourth-order valence-corrected chi connectivity index (χ4v) is 11.3. The maximum atomic E-state index is 14.0. The van der Waals surface area contributed by atoms with Crippen LogP contribution in [0.4, 0.5) is 0 Å². The van der Waals surface area contributed by atoms with Gasteiger partial charge in [-0.3, -0.25) is 4.79 Å². The largest absolute Gasteiger partial charge is 0.378 e. The van der Waals surface area contributed by atoms with Crippen LogP contribution in [0.15, 0.2) is 24.3 Å². The molecule has 11 nitrogen and oxygen atoms in total. The molecule has 12 bridgehead atoms. The fraction of sp³-hybridized carbons (Fsp3) is 0.875. The van der Waals surface area contributed by atoms with Gasteiger partial charge < -0.3 is 48.4 Å². The van der Waals surface area contributed by atoms with E-state index in [9.17, 15) is 4.79 Å². The van der Waals surface area contributed by atoms with Gasteiger partial charge in [-0.15, -0.1) is 0 Å². The van der Waals surface area contributed by atoms with Crippen LogP contribution < -0.4 is 5.73 Å². The summed E-state index contributed by atoms with van der Waals surface area (Å²) in [6.07, 6.45) is 8.28. The summed E-state index contributed by atoms with van der Waals surface area (Å²) in [5.41, 5.74) is 8.19. The first-order valence-corrected chi connectivity index (χ1v) is 20.1. The maximum absolute atomic E-state index is 14.0. The molecular weight excluding hydrogens is 654 g/mol. The van der Waals surface area contributed by atoms with Gasteiger partial charge in [-0.2, -0.15) is 0 Å². The third kappa shape index (κ3) is 6.53. The first-order chi connectivity index (χ1) is 24.7. The highest BCUT2D eigenvalue weighted by Gasteiger charge is 2.68. The van der Waals surface area contributed by atoms with Gasteiger partial charge in [-0.1, -0.05) is 20.1 Å². The number of carbonyl (C=O) groups is 1. The number of carbonyl (C=O) groups excluding carboxylic acids is 1. The van der Waals surface area contributed by atoms with Crippen molar-refractivity contribution in [3.63, 3.8) is 0 Å². The average Bonchev–Trinajstić information content (AvgIpc) is 3.79. The summed E-state index contributed by atoms with van der Waals surface area (Å²) >= 11 is 0. The highest BCUT2D eigenvalue weighted by Crippen LogP contribution is 2.54. The van der Waals surface area contributed by atoms with E-state index in [-0.39, 0.29) is 103 Å². The van der Waals surface area contributed by atoms with E-state index >= 15 is 0 Å². The van der Waals surface area contributed by atoms with E-state index < -0.39 is 5.79 Å². The van der Waals surface area contributed by atoms with Gasteiger partial charge in [-0.05, 0) is 81.4 Å². The van der Waals surface area contributed by atoms with Gasteiger partial charge in [0.1, 0.15) is 36.3 Å². The Bertz CT molecular complexity index is 1340. The van der Waals surface area contributed by atoms with Crippen LogP contribution in [0.5, 0.6) is 0 Å². The van der Waals surface area contributed by atoms with Crippen LogP contribution in [0.2, 0.25) is 0 Å². The Kier molecular flexibility index (Phi) is 9.81. The van der Waals surface area contributed by atoms with Crippen molar-refractivity contribution in [2.75, 3.05) is 13.7 Å². The lowest BCUT2D eigenvalue weighted by molar-refractivity contribution is -0.292. The van der Waals surface area contributed by atoms with E-state index in [4.69, 9.17) is 48.4 Å². The average molecular weight is 714 g/mol. The van der Waals surface area contributed by atoms with E-state index in [0.717, 1.165) is 68.9 Å². The Balaban J connectivity index is 0.991. The molecule has 2 N–H and O–H groups in total. The summed E-state index contributed by atoms with van der Waals surface area (Å²) < 4.78 is 60.3. The third-order valence-electron chi connectivity index (χ3n) is 13.9. The first kappa shape index (κ1) is 35.5. The number of hydrogen-bond donors (Lipinski definition) is 1. The summed E-state index contributed by atoms with van der Waals surface area (Å²) in [6.45, 7) is 11.8. The molecule has 10 heterocycles. The minimum absolute atomic E-state index is 0.0107. The van der Waals surface area contributed by atoms with Crippen LogP contribution >= 0.6 is 0 Å². The lowest BCUT2D eigenvalue weighted by atomic mass is 9.81. The molecule has 284 valence electrons. The molecule has 0 aliphatic carbocycles. The zero-order valence-corrected chi connectivity index (χ0v) is 30.5. The molecule has 7 unspecified atom stereocenters. The number of rotatable bonds is 4. The molecule has 0 saturated carbocycles. The molecular formula is C40H59NO10. The lowest BCUT2D eigenvalue weighted by Gasteiger charge is -2.47. The molecule has 10 aliphatic heterocycles. The van der Waals surface area contributed by atoms with Crippen molar-refractivity contribution in [2.24, 2.45) is 17.6 Å². The summed E-state index contributed by atoms with van der Waals surface area (Å²) in [6, 6.07) is 0. The quantitative estimate of drug-likeness (QED) is 0.415. The number of hydrogen-bond acceptors (Lipinski definition) is 11. The van der Waals surface area contributed by atoms with Gasteiger partial charge in [0, 0.05) is 45.1 Å². The minimum Gasteiger partial charge on any atom is -0.378 e. The molecule has 0 aromatic rings. The summed E-state index contributed by atoms with van der Waals surface area (Å²) in [5.74, 6) is -0.367. The SMILES string of the molecule is C=C1CC2CC[C@@]34CC5O[C@H]6[C@@H](O3)[C@H]3OC(CCC3O[C@H]6[C@H]5O4)CC(=O)CC3[C@H](C[C@H]4O[C@@H](CCC1O2)CC(C)C4=C)O[C@H](CCCN)[C@@H]3OC. The molecule has 10 rings (SSSR count). The smallest absolute Gasteiger partial charge is 0.172 e. The Morgan fingerprint density at radius 3 is 2.37 bits per heavy atom. The summed E-state index contributed by atoms with van der Waals surface area (Å²) in [5, 5.41) is 0. The predicted molar refractivity (Wildman–Crippen MR) is 185 cm³/mol. The summed E-state index contributed by atoms with van der Waals surface area (Å²) in [7, 11) is 1.74. The number of methoxy groups -OCH3 is 1. The van der Waals surface area contributed by atoms with E-state index in [2.05, 4.69) is 20.1 Å². The Labute approximate surface area is 302 Å². The highest BCUT2D eigenvalue weighted by molar-refractivity contribution is 5.79. The minimum atomic E-state index is -0.760. The number of ether oxygens (including phenoxy) is 9. The molecule has 18 atom stereocenters. The molecule has 1 spiro atoms. The van der Waals surface area contributed by atoms with Crippen LogP contribution in [-0.4, -0.2) is 117 Å². The van der Waals surface area contributed by atoms with Gasteiger partial charge in [-0.25, -0.2) is 0 Å². The Morgan fingerprint density at radius 1 is 0.765 bits per heavy atom. The van der Waals surface area contributed by atoms with E-state index in [1.807, 2.05) is 0 Å². The van der Waals surface area contributed by atoms with Crippen molar-refractivity contribution >= 4 is 5.78 Å². The second-order valence-electron chi connectivity index (χ2n) is 17.2. The summed E-state index contributed by atoms with van der Waals surface area (Å²) in [4.78, 5) is 14.0. The topological polar surface area (TPSA) is 126 Å². The second-order valence-corrected chi connectivity index (χ2v) is 17.2. The van der Waals surface area contributed by atoms with Crippen LogP contribution in [0.3, 0.4) is 0 Å². The zero-order chi connectivity index (χ0) is 35.0. The van der Waals surface area contributed by atoms with E-state index in [1.54, 1.807) is 7.11 Å². The van der Waals surface area contributed by atoms with Crippen LogP contribution in [-0.2, 0) is 47.4 Å². The van der Waals surface area contributed by atoms with Crippen molar-refractivity contribution in [2.45, 2.75) is 194 Å². The molecule has 10 aliphatic rings. The second kappa shape index (κ2) is 14.1. The monoisotopic (exact) mass is 713 g/mol. The predicted octanol–water partition coefficient (Wildman–Crippen LogP) is 4.47. The first-order valence-electron chi connectivity index (χ1n) is 20.1. The number of Topliss-reactive ketones (excluding diaryl/α,β-unsaturated/α-hetero) is 1. The Morgan fingerprint density at radius 2 is 1.53 bits per heavy atom. The normalized spacial score (nSPS) is 52.5. The number of ketones is 1. The van der Waals surface area contributed by atoms with E-state index in [1.165, 1.54) is 0 Å².